The summed E-state index contributed by atoms with van der Waals surface area (Å²) in [5.74, 6) is -0.672. The molecule has 2 aliphatic rings. The van der Waals surface area contributed by atoms with E-state index >= 15 is 0 Å². The summed E-state index contributed by atoms with van der Waals surface area (Å²) in [5, 5.41) is 3.24. The Hall–Kier alpha value is -1.82. The largest absolute Gasteiger partial charge is 0.298 e. The third-order valence-corrected chi connectivity index (χ3v) is 9.14. The number of sulfonamides is 1. The van der Waals surface area contributed by atoms with Gasteiger partial charge in [-0.25, -0.2) is 26.5 Å². The zero-order valence-corrected chi connectivity index (χ0v) is 17.3. The van der Waals surface area contributed by atoms with Gasteiger partial charge in [-0.15, -0.1) is 11.3 Å². The fourth-order valence-electron chi connectivity index (χ4n) is 3.39. The molecular formula is C17H19N3O5S3. The van der Waals surface area contributed by atoms with Gasteiger partial charge in [-0.2, -0.15) is 0 Å². The fourth-order valence-corrected chi connectivity index (χ4v) is 7.53. The van der Waals surface area contributed by atoms with Gasteiger partial charge < -0.3 is 0 Å². The van der Waals surface area contributed by atoms with E-state index in [2.05, 4.69) is 15.0 Å². The Labute approximate surface area is 167 Å². The smallest absolute Gasteiger partial charge is 0.257 e. The Kier molecular flexibility index (Phi) is 5.02. The first kappa shape index (κ1) is 19.5. The topological polar surface area (TPSA) is 122 Å². The molecule has 2 aromatic rings. The zero-order valence-electron chi connectivity index (χ0n) is 14.8. The van der Waals surface area contributed by atoms with Crippen LogP contribution in [0.1, 0.15) is 33.8 Å². The molecule has 150 valence electrons. The average molecular weight is 442 g/mol. The lowest BCUT2D eigenvalue weighted by molar-refractivity contribution is 0.102. The predicted octanol–water partition coefficient (Wildman–Crippen LogP) is 1.35. The number of thiazole rings is 1. The molecule has 0 spiro atoms. The van der Waals surface area contributed by atoms with E-state index in [1.54, 1.807) is 0 Å². The van der Waals surface area contributed by atoms with Gasteiger partial charge in [-0.1, -0.05) is 6.07 Å². The highest BCUT2D eigenvalue weighted by Gasteiger charge is 2.31. The van der Waals surface area contributed by atoms with E-state index in [0.717, 1.165) is 25.0 Å². The summed E-state index contributed by atoms with van der Waals surface area (Å²) < 4.78 is 50.7. The third-order valence-electron chi connectivity index (χ3n) is 4.78. The fraction of sp³-hybridized carbons (Fsp3) is 0.412. The molecule has 0 radical (unpaired) electrons. The van der Waals surface area contributed by atoms with Crippen LogP contribution in [-0.4, -0.2) is 45.3 Å². The van der Waals surface area contributed by atoms with Crippen molar-refractivity contribution in [3.8, 4) is 0 Å². The number of benzene rings is 1. The second-order valence-electron chi connectivity index (χ2n) is 6.95. The number of carbonyl (C=O) groups excluding carboxylic acids is 1. The number of aryl methyl sites for hydroxylation is 2. The van der Waals surface area contributed by atoms with Gasteiger partial charge >= 0.3 is 0 Å². The maximum absolute atomic E-state index is 12.6. The van der Waals surface area contributed by atoms with Crippen molar-refractivity contribution in [2.75, 3.05) is 16.8 Å². The number of carbonyl (C=O) groups is 1. The van der Waals surface area contributed by atoms with E-state index < -0.39 is 31.8 Å². The minimum atomic E-state index is -3.93. The number of anilines is 1. The van der Waals surface area contributed by atoms with Crippen LogP contribution in [0.25, 0.3) is 0 Å². The molecule has 1 atom stereocenters. The number of rotatable bonds is 5. The van der Waals surface area contributed by atoms with Crippen molar-refractivity contribution in [1.82, 2.24) is 9.71 Å². The summed E-state index contributed by atoms with van der Waals surface area (Å²) in [6.07, 6.45) is 3.21. The van der Waals surface area contributed by atoms with Crippen molar-refractivity contribution in [3.63, 3.8) is 0 Å². The van der Waals surface area contributed by atoms with Crippen LogP contribution in [0.2, 0.25) is 0 Å². The molecule has 1 amide bonds. The van der Waals surface area contributed by atoms with E-state index in [9.17, 15) is 21.6 Å². The summed E-state index contributed by atoms with van der Waals surface area (Å²) >= 11 is 1.45. The van der Waals surface area contributed by atoms with Gasteiger partial charge in [0, 0.05) is 16.5 Å². The van der Waals surface area contributed by atoms with Crippen molar-refractivity contribution in [1.29, 1.82) is 0 Å². The Morgan fingerprint density at radius 3 is 2.79 bits per heavy atom. The number of aromatic nitrogens is 1. The minimum absolute atomic E-state index is 0.0274. The lowest BCUT2D eigenvalue weighted by Gasteiger charge is -2.12. The molecule has 0 saturated carbocycles. The van der Waals surface area contributed by atoms with E-state index in [0.29, 0.717) is 5.13 Å². The van der Waals surface area contributed by atoms with Crippen LogP contribution in [0.5, 0.6) is 0 Å². The highest BCUT2D eigenvalue weighted by Crippen LogP contribution is 2.30. The van der Waals surface area contributed by atoms with Gasteiger partial charge in [0.1, 0.15) is 0 Å². The quantitative estimate of drug-likeness (QED) is 0.722. The number of nitrogens with one attached hydrogen (secondary N) is 2. The van der Waals surface area contributed by atoms with Gasteiger partial charge in [0.05, 0.1) is 22.1 Å². The normalized spacial score (nSPS) is 20.8. The van der Waals surface area contributed by atoms with Crippen molar-refractivity contribution < 1.29 is 21.6 Å². The first-order valence-corrected chi connectivity index (χ1v) is 13.0. The zero-order chi connectivity index (χ0) is 19.9. The second-order valence-corrected chi connectivity index (χ2v) is 12.0. The molecule has 2 heterocycles. The molecule has 1 saturated heterocycles. The van der Waals surface area contributed by atoms with Crippen LogP contribution in [0.3, 0.4) is 0 Å². The number of hydrogen-bond acceptors (Lipinski definition) is 7. The lowest BCUT2D eigenvalue weighted by Crippen LogP contribution is -2.35. The number of hydrogen-bond donors (Lipinski definition) is 2. The molecule has 1 aromatic carbocycles. The van der Waals surface area contributed by atoms with E-state index in [1.165, 1.54) is 40.5 Å². The second kappa shape index (κ2) is 7.21. The molecule has 2 N–H and O–H groups in total. The highest BCUT2D eigenvalue weighted by molar-refractivity contribution is 7.92. The van der Waals surface area contributed by atoms with E-state index in [-0.39, 0.29) is 28.4 Å². The Balaban J connectivity index is 1.49. The monoisotopic (exact) mass is 441 g/mol. The first-order chi connectivity index (χ1) is 13.2. The Morgan fingerprint density at radius 2 is 2.07 bits per heavy atom. The van der Waals surface area contributed by atoms with Crippen molar-refractivity contribution in [2.24, 2.45) is 0 Å². The van der Waals surface area contributed by atoms with Crippen LogP contribution in [0.15, 0.2) is 29.2 Å². The van der Waals surface area contributed by atoms with Gasteiger partial charge in [0.2, 0.25) is 10.0 Å². The summed E-state index contributed by atoms with van der Waals surface area (Å²) in [4.78, 5) is 18.0. The molecule has 1 aromatic heterocycles. The number of amides is 1. The predicted molar refractivity (Wildman–Crippen MR) is 106 cm³/mol. The molecule has 1 aliphatic heterocycles. The highest BCUT2D eigenvalue weighted by atomic mass is 32.2. The van der Waals surface area contributed by atoms with Crippen molar-refractivity contribution >= 4 is 42.2 Å². The SMILES string of the molecule is O=C(Nc1nc2c(s1)CCC2)c1cccc(S(=O)(=O)NC2CCS(=O)(=O)C2)c1. The van der Waals surface area contributed by atoms with Crippen LogP contribution in [0, 0.1) is 0 Å². The number of sulfone groups is 1. The Morgan fingerprint density at radius 1 is 1.25 bits per heavy atom. The maximum atomic E-state index is 12.6. The molecule has 0 bridgehead atoms. The van der Waals surface area contributed by atoms with Crippen LogP contribution in [0.4, 0.5) is 5.13 Å². The van der Waals surface area contributed by atoms with E-state index in [4.69, 9.17) is 0 Å². The molecule has 28 heavy (non-hydrogen) atoms. The van der Waals surface area contributed by atoms with Crippen molar-refractivity contribution in [3.05, 3.63) is 40.4 Å². The van der Waals surface area contributed by atoms with Gasteiger partial charge in [0.25, 0.3) is 5.91 Å². The number of nitrogens with zero attached hydrogens (tertiary/aromatic N) is 1. The maximum Gasteiger partial charge on any atom is 0.257 e. The molecule has 8 nitrogen and oxygen atoms in total. The summed E-state index contributed by atoms with van der Waals surface area (Å²) in [7, 11) is -7.13. The van der Waals surface area contributed by atoms with Gasteiger partial charge in [-0.05, 0) is 43.9 Å². The van der Waals surface area contributed by atoms with Crippen molar-refractivity contribution in [2.45, 2.75) is 36.6 Å². The summed E-state index contributed by atoms with van der Waals surface area (Å²) in [5.41, 5.74) is 1.21. The first-order valence-electron chi connectivity index (χ1n) is 8.85. The number of fused-ring (bicyclic) bond motifs is 1. The molecule has 1 aliphatic carbocycles. The van der Waals surface area contributed by atoms with Gasteiger partial charge in [0.15, 0.2) is 15.0 Å². The average Bonchev–Trinajstić information content (AvgIpc) is 3.29. The summed E-state index contributed by atoms with van der Waals surface area (Å²) in [6, 6.07) is 5.01. The van der Waals surface area contributed by atoms with Crippen LogP contribution >= 0.6 is 11.3 Å². The molecule has 1 fully saturated rings. The molecule has 1 unspecified atom stereocenters. The standard InChI is InChI=1S/C17H19N3O5S3/c21-16(19-17-18-14-5-2-6-15(14)26-17)11-3-1-4-13(9-11)28(24,25)20-12-7-8-27(22,23)10-12/h1,3-4,9,12,20H,2,5-8,10H2,(H,18,19,21). The summed E-state index contributed by atoms with van der Waals surface area (Å²) in [6.45, 7) is 0. The van der Waals surface area contributed by atoms with Gasteiger partial charge in [-0.3, -0.25) is 10.1 Å². The lowest BCUT2D eigenvalue weighted by atomic mass is 10.2. The van der Waals surface area contributed by atoms with Crippen LogP contribution < -0.4 is 10.0 Å². The van der Waals surface area contributed by atoms with Crippen LogP contribution in [-0.2, 0) is 32.7 Å². The Bertz CT molecular complexity index is 1120. The third kappa shape index (κ3) is 4.12. The molecule has 4 rings (SSSR count). The molecular weight excluding hydrogens is 422 g/mol. The van der Waals surface area contributed by atoms with E-state index in [1.807, 2.05) is 0 Å². The minimum Gasteiger partial charge on any atom is -0.298 e. The molecule has 11 heteroatoms.